The van der Waals surface area contributed by atoms with Crippen LogP contribution in [0.3, 0.4) is 0 Å². The second kappa shape index (κ2) is 36.4. The lowest BCUT2D eigenvalue weighted by Gasteiger charge is -2.38. The molecule has 0 saturated carbocycles. The first-order valence-corrected chi connectivity index (χ1v) is 36.1. The molecule has 111 heavy (non-hydrogen) atoms. The number of likely N-dealkylation sites (tertiary alicyclic amines) is 1. The third kappa shape index (κ3) is 20.4. The van der Waals surface area contributed by atoms with Crippen molar-refractivity contribution in [2.75, 3.05) is 35.7 Å². The molecule has 1 fully saturated rings. The summed E-state index contributed by atoms with van der Waals surface area (Å²) in [5, 5.41) is 46.2. The highest BCUT2D eigenvalue weighted by Crippen LogP contribution is 2.28. The number of H-pyrrole nitrogens is 1. The van der Waals surface area contributed by atoms with Crippen molar-refractivity contribution in [3.63, 3.8) is 0 Å². The number of pyridine rings is 6. The number of piperidine rings is 1. The number of hydrogen-bond donors (Lipinski definition) is 7. The highest BCUT2D eigenvalue weighted by Gasteiger charge is 2.36. The smallest absolute Gasteiger partial charge is 0.410 e. The molecule has 0 radical (unpaired) electrons. The molecule has 1 aliphatic rings. The summed E-state index contributed by atoms with van der Waals surface area (Å²) in [5.74, 6) is 5.74. The zero-order valence-corrected chi connectivity index (χ0v) is 64.3. The Hall–Kier alpha value is -13.5. The summed E-state index contributed by atoms with van der Waals surface area (Å²) >= 11 is 9.60. The summed E-state index contributed by atoms with van der Waals surface area (Å²) in [5.41, 5.74) is 28.9. The second-order valence-electron chi connectivity index (χ2n) is 25.2. The number of nitrogens with zero attached hydrogens (tertiary/aromatic N) is 20. The van der Waals surface area contributed by atoms with Gasteiger partial charge in [0.05, 0.1) is 132 Å². The molecule has 16 rings (SSSR count). The van der Waals surface area contributed by atoms with Gasteiger partial charge >= 0.3 is 6.09 Å². The van der Waals surface area contributed by atoms with Gasteiger partial charge in [-0.25, -0.2) is 48.4 Å². The molecule has 1 saturated heterocycles. The number of nitrogens with two attached hydrogens (primary N) is 4. The van der Waals surface area contributed by atoms with E-state index in [1.54, 1.807) is 69.6 Å². The third-order valence-electron chi connectivity index (χ3n) is 16.4. The van der Waals surface area contributed by atoms with E-state index in [-0.39, 0.29) is 17.7 Å². The van der Waals surface area contributed by atoms with Crippen LogP contribution < -0.4 is 39.6 Å². The van der Waals surface area contributed by atoms with E-state index in [0.717, 1.165) is 70.3 Å². The van der Waals surface area contributed by atoms with E-state index in [1.807, 2.05) is 179 Å². The molecule has 0 unspecified atom stereocenters. The van der Waals surface area contributed by atoms with Gasteiger partial charge in [-0.3, -0.25) is 35.0 Å². The van der Waals surface area contributed by atoms with Gasteiger partial charge in [0.1, 0.15) is 71.4 Å². The summed E-state index contributed by atoms with van der Waals surface area (Å²) in [7, 11) is 0. The molecular formula is C77H69Br3N26O5. The summed E-state index contributed by atoms with van der Waals surface area (Å²) in [4.78, 5) is 75.3. The molecule has 0 bridgehead atoms. The largest absolute Gasteiger partial charge is 0.444 e. The molecule has 34 heteroatoms. The van der Waals surface area contributed by atoms with Crippen LogP contribution in [0.5, 0.6) is 0 Å². The predicted octanol–water partition coefficient (Wildman–Crippen LogP) is 12.0. The lowest BCUT2D eigenvalue weighted by molar-refractivity contribution is -0.0420. The standard InChI is InChI=1S/C27H30N6O4.C16H11N5O.C15H11N5.C9H6BrN5.C5H6BrN3.C5H5BrN2/c1-26(2,3)37-25(35)31-13-11-27(36,12-14-31)17-32-18-29-23-21(24(32)34)16-30-33(23)20-9-10-22(28-15-20)19-7-5-4-6-8-19;22-16-13-9-20-21(15(13)18-10-19-16)12-6-7-14(17-8-12)11-4-2-1-3-5-11;16-8-12-9-19-20(15(12)17)13-6-7-14(18-10-13)11-4-2-1-3-5-11;10-8-2-1-7(5-13-8)15-9(12)6(3-11)4-14-15;6-5-2-1-4(9-7)3-8-5;6-5-2-1-4(7)3-8-5/h4-10,15-16,18,36H,11-14,17H2,1-3H3;1-10H,(H,18,19,22);1-7,9-10H,17H2;1-2,4-5H,12H2;1-3,9H,7H2;1-3H,7H2. The topological polar surface area (TPSA) is 443 Å². The Morgan fingerprint density at radius 1 is 0.532 bits per heavy atom. The fraction of sp³-hybridized carbons (Fsp3) is 0.130. The quantitative estimate of drug-likeness (QED) is 0.0380. The van der Waals surface area contributed by atoms with Crippen molar-refractivity contribution >= 4 is 99.0 Å². The molecule has 0 atom stereocenters. The number of hydrazine groups is 1. The number of fused-ring (bicyclic) bond motifs is 2. The van der Waals surface area contributed by atoms with Crippen LogP contribution in [0.2, 0.25) is 0 Å². The van der Waals surface area contributed by atoms with Crippen LogP contribution in [0.1, 0.15) is 44.7 Å². The van der Waals surface area contributed by atoms with Crippen LogP contribution in [0.15, 0.2) is 262 Å². The Bertz CT molecular complexity index is 5780. The number of carbonyl (C=O) groups is 1. The number of aromatic amines is 1. The molecule has 1 aliphatic heterocycles. The van der Waals surface area contributed by atoms with Crippen LogP contribution in [-0.4, -0.2) is 129 Å². The molecule has 558 valence electrons. The predicted molar refractivity (Wildman–Crippen MR) is 431 cm³/mol. The molecule has 31 nitrogen and oxygen atoms in total. The van der Waals surface area contributed by atoms with Gasteiger partial charge in [-0.1, -0.05) is 91.0 Å². The number of benzene rings is 3. The number of aromatic nitrogens is 18. The van der Waals surface area contributed by atoms with Crippen LogP contribution >= 0.6 is 47.8 Å². The molecule has 3 aromatic carbocycles. The van der Waals surface area contributed by atoms with Crippen molar-refractivity contribution in [1.29, 1.82) is 10.5 Å². The number of anilines is 4. The zero-order chi connectivity index (χ0) is 78.6. The fourth-order valence-corrected chi connectivity index (χ4v) is 11.4. The molecule has 0 spiro atoms. The Balaban J connectivity index is 0.000000142. The molecular weight excluding hydrogens is 1610 g/mol. The number of amides is 1. The lowest BCUT2D eigenvalue weighted by atomic mass is 9.91. The van der Waals surface area contributed by atoms with Gasteiger partial charge < -0.3 is 42.4 Å². The van der Waals surface area contributed by atoms with Crippen molar-refractivity contribution < 1.29 is 14.6 Å². The summed E-state index contributed by atoms with van der Waals surface area (Å²) in [6.07, 6.45) is 18.9. The van der Waals surface area contributed by atoms with Crippen LogP contribution in [0.4, 0.5) is 27.8 Å². The van der Waals surface area contributed by atoms with Gasteiger partial charge in [-0.15, -0.1) is 0 Å². The third-order valence-corrected chi connectivity index (χ3v) is 17.8. The van der Waals surface area contributed by atoms with E-state index in [0.29, 0.717) is 82.1 Å². The second-order valence-corrected chi connectivity index (χ2v) is 27.6. The number of nitrogen functional groups attached to an aromatic ring is 4. The van der Waals surface area contributed by atoms with Crippen LogP contribution in [0, 0.1) is 22.7 Å². The van der Waals surface area contributed by atoms with Gasteiger partial charge in [-0.2, -0.15) is 30.9 Å². The Morgan fingerprint density at radius 3 is 1.35 bits per heavy atom. The van der Waals surface area contributed by atoms with E-state index in [9.17, 15) is 19.5 Å². The summed E-state index contributed by atoms with van der Waals surface area (Å²) in [6, 6.07) is 55.9. The molecule has 12 aromatic heterocycles. The number of nitrogens with one attached hydrogen (secondary N) is 2. The Kier molecular flexibility index (Phi) is 25.8. The fourth-order valence-electron chi connectivity index (χ4n) is 10.7. The number of ether oxygens (including phenoxy) is 1. The number of halogens is 3. The van der Waals surface area contributed by atoms with E-state index in [4.69, 9.17) is 38.3 Å². The molecule has 0 aliphatic carbocycles. The van der Waals surface area contributed by atoms with Gasteiger partial charge in [0.25, 0.3) is 11.1 Å². The highest BCUT2D eigenvalue weighted by molar-refractivity contribution is 9.11. The summed E-state index contributed by atoms with van der Waals surface area (Å²) < 4.78 is 15.3. The maximum Gasteiger partial charge on any atom is 0.410 e. The van der Waals surface area contributed by atoms with Gasteiger partial charge in [-0.05, 0) is 154 Å². The van der Waals surface area contributed by atoms with E-state index in [2.05, 4.69) is 118 Å². The van der Waals surface area contributed by atoms with Crippen molar-refractivity contribution in [3.05, 3.63) is 284 Å². The Labute approximate surface area is 659 Å². The number of hydrogen-bond acceptors (Lipinski definition) is 24. The highest BCUT2D eigenvalue weighted by atomic mass is 79.9. The number of aliphatic hydroxyl groups is 1. The molecule has 1 amide bonds. The molecule has 11 N–H and O–H groups in total. The maximum absolute atomic E-state index is 13.2. The summed E-state index contributed by atoms with van der Waals surface area (Å²) in [6.45, 7) is 6.23. The first-order valence-electron chi connectivity index (χ1n) is 33.7. The number of carbonyl (C=O) groups excluding carboxylic acids is 1. The minimum Gasteiger partial charge on any atom is -0.444 e. The number of nitriles is 2. The van der Waals surface area contributed by atoms with Gasteiger partial charge in [0, 0.05) is 29.8 Å². The molecule has 13 heterocycles. The average molecular weight is 1680 g/mol. The van der Waals surface area contributed by atoms with Gasteiger partial charge in [0.15, 0.2) is 11.3 Å². The van der Waals surface area contributed by atoms with Crippen molar-refractivity contribution in [1.82, 2.24) is 93.4 Å². The minimum absolute atomic E-state index is 0.0788. The average Bonchev–Trinajstić information content (AvgIpc) is 1.67. The maximum atomic E-state index is 13.2. The first-order chi connectivity index (χ1) is 53.6. The van der Waals surface area contributed by atoms with E-state index < -0.39 is 17.3 Å². The van der Waals surface area contributed by atoms with Crippen molar-refractivity contribution in [2.24, 2.45) is 5.84 Å². The van der Waals surface area contributed by atoms with Crippen LogP contribution in [-0.2, 0) is 11.3 Å². The SMILES string of the molecule is CC(C)(C)OC(=O)N1CCC(O)(Cn2cnc3c(cnn3-c3ccc(-c4ccccc4)nc3)c2=O)CC1.N#Cc1cnn(-c2ccc(-c3ccccc3)nc2)c1N.N#Cc1cnn(-c2ccc(Br)nc2)c1N.NNc1ccc(Br)nc1.Nc1ccc(Br)nc1.O=c1[nH]cnc2c1cnn2-c1ccc(-c2ccccc2)nc1. The van der Waals surface area contributed by atoms with Crippen molar-refractivity contribution in [3.8, 4) is 68.7 Å². The lowest BCUT2D eigenvalue weighted by Crippen LogP contribution is -2.50. The van der Waals surface area contributed by atoms with E-state index in [1.165, 1.54) is 51.4 Å². The van der Waals surface area contributed by atoms with Crippen molar-refractivity contribution in [2.45, 2.75) is 51.4 Å². The monoisotopic (exact) mass is 1670 g/mol. The normalized spacial score (nSPS) is 11.9. The Morgan fingerprint density at radius 2 is 0.955 bits per heavy atom. The number of rotatable bonds is 10. The zero-order valence-electron chi connectivity index (χ0n) is 59.5. The molecule has 15 aromatic rings. The van der Waals surface area contributed by atoms with Crippen LogP contribution in [0.25, 0.3) is 78.6 Å². The van der Waals surface area contributed by atoms with E-state index >= 15 is 0 Å². The first kappa shape index (κ1) is 78.6. The van der Waals surface area contributed by atoms with Gasteiger partial charge in [0.2, 0.25) is 0 Å². The minimum atomic E-state index is -1.13.